The molecule has 0 aromatic heterocycles. The number of carbonyl (C=O) groups excluding carboxylic acids is 1. The number of amides is 1. The maximum absolute atomic E-state index is 12.6. The first-order chi connectivity index (χ1) is 11.9. The van der Waals surface area contributed by atoms with Crippen LogP contribution in [-0.4, -0.2) is 66.1 Å². The minimum absolute atomic E-state index is 0.00224. The molecule has 3 rings (SSSR count). The van der Waals surface area contributed by atoms with Crippen molar-refractivity contribution in [3.63, 3.8) is 0 Å². The van der Waals surface area contributed by atoms with Crippen LogP contribution >= 0.6 is 0 Å². The molecule has 1 aromatic rings. The summed E-state index contributed by atoms with van der Waals surface area (Å²) in [4.78, 5) is 28.0. The molecule has 1 saturated heterocycles. The van der Waals surface area contributed by atoms with Gasteiger partial charge in [0.05, 0.1) is 11.8 Å². The number of ether oxygens (including phenoxy) is 1. The third kappa shape index (κ3) is 3.79. The van der Waals surface area contributed by atoms with E-state index in [9.17, 15) is 14.7 Å². The molecule has 1 aliphatic carbocycles. The maximum atomic E-state index is 12.6. The van der Waals surface area contributed by atoms with Gasteiger partial charge in [0.15, 0.2) is 0 Å². The highest BCUT2D eigenvalue weighted by Gasteiger charge is 2.66. The highest BCUT2D eigenvalue weighted by atomic mass is 16.5. The van der Waals surface area contributed by atoms with Crippen molar-refractivity contribution in [2.45, 2.75) is 13.8 Å². The van der Waals surface area contributed by atoms with Gasteiger partial charge in [0, 0.05) is 32.7 Å². The fourth-order valence-corrected chi connectivity index (χ4v) is 3.76. The van der Waals surface area contributed by atoms with Crippen LogP contribution < -0.4 is 4.74 Å². The van der Waals surface area contributed by atoms with E-state index in [-0.39, 0.29) is 11.8 Å². The van der Waals surface area contributed by atoms with Crippen molar-refractivity contribution in [3.05, 3.63) is 30.3 Å². The number of aliphatic carboxylic acids is 1. The summed E-state index contributed by atoms with van der Waals surface area (Å²) in [6.45, 7) is 8.09. The number of carbonyl (C=O) groups is 2. The molecule has 0 bridgehead atoms. The first kappa shape index (κ1) is 17.7. The van der Waals surface area contributed by atoms with Gasteiger partial charge in [-0.05, 0) is 17.5 Å². The lowest BCUT2D eigenvalue weighted by Gasteiger charge is -2.35. The number of para-hydroxylation sites is 1. The van der Waals surface area contributed by atoms with Gasteiger partial charge in [-0.15, -0.1) is 0 Å². The zero-order valence-electron chi connectivity index (χ0n) is 14.9. The van der Waals surface area contributed by atoms with Crippen LogP contribution in [0, 0.1) is 17.3 Å². The maximum Gasteiger partial charge on any atom is 0.307 e. The predicted octanol–water partition coefficient (Wildman–Crippen LogP) is 1.57. The van der Waals surface area contributed by atoms with Gasteiger partial charge in [0.25, 0.3) is 0 Å². The summed E-state index contributed by atoms with van der Waals surface area (Å²) >= 11 is 0. The van der Waals surface area contributed by atoms with E-state index in [1.54, 1.807) is 0 Å². The van der Waals surface area contributed by atoms with Gasteiger partial charge in [0.1, 0.15) is 12.4 Å². The average Bonchev–Trinajstić information content (AvgIpc) is 3.18. The third-order valence-electron chi connectivity index (χ3n) is 5.46. The van der Waals surface area contributed by atoms with E-state index in [0.717, 1.165) is 25.4 Å². The van der Waals surface area contributed by atoms with Crippen molar-refractivity contribution in [3.8, 4) is 5.75 Å². The number of hydrogen-bond acceptors (Lipinski definition) is 4. The molecule has 1 heterocycles. The quantitative estimate of drug-likeness (QED) is 0.847. The fourth-order valence-electron chi connectivity index (χ4n) is 3.76. The summed E-state index contributed by atoms with van der Waals surface area (Å²) in [5, 5.41) is 9.25. The zero-order valence-corrected chi connectivity index (χ0v) is 14.9. The second kappa shape index (κ2) is 7.04. The van der Waals surface area contributed by atoms with Crippen molar-refractivity contribution >= 4 is 11.9 Å². The molecule has 1 saturated carbocycles. The largest absolute Gasteiger partial charge is 0.492 e. The molecule has 136 valence electrons. The number of nitrogens with zero attached hydrogens (tertiary/aromatic N) is 2. The summed E-state index contributed by atoms with van der Waals surface area (Å²) in [5.74, 6) is -0.917. The van der Waals surface area contributed by atoms with Crippen LogP contribution in [0.2, 0.25) is 0 Å². The smallest absolute Gasteiger partial charge is 0.307 e. The Morgan fingerprint density at radius 3 is 2.32 bits per heavy atom. The Labute approximate surface area is 148 Å². The summed E-state index contributed by atoms with van der Waals surface area (Å²) in [7, 11) is 0. The number of piperazine rings is 1. The van der Waals surface area contributed by atoms with Crippen LogP contribution in [0.5, 0.6) is 5.75 Å². The number of carboxylic acid groups (broad SMARTS) is 1. The molecule has 1 N–H and O–H groups in total. The molecule has 2 atom stereocenters. The summed E-state index contributed by atoms with van der Waals surface area (Å²) in [6, 6.07) is 9.73. The highest BCUT2D eigenvalue weighted by molar-refractivity contribution is 5.91. The van der Waals surface area contributed by atoms with Crippen molar-refractivity contribution in [2.75, 3.05) is 39.3 Å². The first-order valence-corrected chi connectivity index (χ1v) is 8.83. The average molecular weight is 346 g/mol. The molecule has 0 radical (unpaired) electrons. The Balaban J connectivity index is 1.41. The minimum Gasteiger partial charge on any atom is -0.492 e. The van der Waals surface area contributed by atoms with E-state index >= 15 is 0 Å². The molecule has 6 nitrogen and oxygen atoms in total. The van der Waals surface area contributed by atoms with Gasteiger partial charge in [-0.3, -0.25) is 14.5 Å². The van der Waals surface area contributed by atoms with Crippen molar-refractivity contribution in [2.24, 2.45) is 17.3 Å². The van der Waals surface area contributed by atoms with Crippen LogP contribution in [0.25, 0.3) is 0 Å². The Hall–Kier alpha value is -2.08. The van der Waals surface area contributed by atoms with Crippen LogP contribution in [-0.2, 0) is 9.59 Å². The molecular formula is C19H26N2O4. The van der Waals surface area contributed by atoms with Gasteiger partial charge in [0.2, 0.25) is 5.91 Å². The lowest BCUT2D eigenvalue weighted by Crippen LogP contribution is -2.50. The zero-order chi connectivity index (χ0) is 18.0. The van der Waals surface area contributed by atoms with Gasteiger partial charge in [-0.25, -0.2) is 0 Å². The normalized spacial score (nSPS) is 25.4. The summed E-state index contributed by atoms with van der Waals surface area (Å²) in [5.41, 5.74) is -0.427. The van der Waals surface area contributed by atoms with Crippen molar-refractivity contribution < 1.29 is 19.4 Å². The van der Waals surface area contributed by atoms with Gasteiger partial charge in [-0.2, -0.15) is 0 Å². The molecular weight excluding hydrogens is 320 g/mol. The molecule has 6 heteroatoms. The molecule has 25 heavy (non-hydrogen) atoms. The summed E-state index contributed by atoms with van der Waals surface area (Å²) in [6.07, 6.45) is 0. The SMILES string of the molecule is CC1(C)[C@H](C(=O)N2CCN(CCOc3ccccc3)CC2)[C@@H]1C(=O)O. The van der Waals surface area contributed by atoms with E-state index in [1.807, 2.05) is 49.1 Å². The number of benzene rings is 1. The summed E-state index contributed by atoms with van der Waals surface area (Å²) < 4.78 is 5.71. The highest BCUT2D eigenvalue weighted by Crippen LogP contribution is 2.59. The first-order valence-electron chi connectivity index (χ1n) is 8.83. The Kier molecular flexibility index (Phi) is 4.99. The van der Waals surface area contributed by atoms with Crippen LogP contribution in [0.3, 0.4) is 0 Å². The van der Waals surface area contributed by atoms with Crippen LogP contribution in [0.1, 0.15) is 13.8 Å². The predicted molar refractivity (Wildman–Crippen MR) is 93.4 cm³/mol. The van der Waals surface area contributed by atoms with E-state index in [2.05, 4.69) is 4.90 Å². The second-order valence-electron chi connectivity index (χ2n) is 7.44. The topological polar surface area (TPSA) is 70.1 Å². The van der Waals surface area contributed by atoms with E-state index in [1.165, 1.54) is 0 Å². The van der Waals surface area contributed by atoms with Crippen LogP contribution in [0.4, 0.5) is 0 Å². The van der Waals surface area contributed by atoms with Crippen LogP contribution in [0.15, 0.2) is 30.3 Å². The molecule has 2 aliphatic rings. The monoisotopic (exact) mass is 346 g/mol. The lowest BCUT2D eigenvalue weighted by atomic mass is 10.1. The minimum atomic E-state index is -0.861. The Morgan fingerprint density at radius 1 is 1.12 bits per heavy atom. The third-order valence-corrected chi connectivity index (χ3v) is 5.46. The van der Waals surface area contributed by atoms with E-state index in [0.29, 0.717) is 19.7 Å². The van der Waals surface area contributed by atoms with E-state index < -0.39 is 17.3 Å². The molecule has 0 unspecified atom stereocenters. The Morgan fingerprint density at radius 2 is 1.76 bits per heavy atom. The number of rotatable bonds is 6. The van der Waals surface area contributed by atoms with Gasteiger partial charge >= 0.3 is 5.97 Å². The Bertz CT molecular complexity index is 624. The number of carboxylic acids is 1. The number of hydrogen-bond donors (Lipinski definition) is 1. The molecule has 0 spiro atoms. The fraction of sp³-hybridized carbons (Fsp3) is 0.579. The molecule has 1 amide bonds. The second-order valence-corrected chi connectivity index (χ2v) is 7.44. The van der Waals surface area contributed by atoms with E-state index in [4.69, 9.17) is 4.74 Å². The van der Waals surface area contributed by atoms with Gasteiger partial charge in [-0.1, -0.05) is 32.0 Å². The van der Waals surface area contributed by atoms with Gasteiger partial charge < -0.3 is 14.7 Å². The van der Waals surface area contributed by atoms with Crippen molar-refractivity contribution in [1.82, 2.24) is 9.80 Å². The van der Waals surface area contributed by atoms with Crippen molar-refractivity contribution in [1.29, 1.82) is 0 Å². The molecule has 1 aromatic carbocycles. The standard InChI is InChI=1S/C19H26N2O4/c1-19(2)15(16(19)18(23)24)17(22)21-10-8-20(9-11-21)12-13-25-14-6-4-3-5-7-14/h3-7,15-16H,8-13H2,1-2H3,(H,23,24)/t15-,16+/m0/s1. The molecule has 2 fully saturated rings. The molecule has 1 aliphatic heterocycles. The lowest BCUT2D eigenvalue weighted by molar-refractivity contribution is -0.142.